The van der Waals surface area contributed by atoms with E-state index in [1.807, 2.05) is 29.8 Å². The van der Waals surface area contributed by atoms with E-state index < -0.39 is 0 Å². The Labute approximate surface area is 117 Å². The van der Waals surface area contributed by atoms with Crippen molar-refractivity contribution in [2.75, 3.05) is 13.7 Å². The van der Waals surface area contributed by atoms with Gasteiger partial charge in [-0.3, -0.25) is 0 Å². The number of nitrogens with zero attached hydrogens (tertiary/aromatic N) is 3. The third-order valence-electron chi connectivity index (χ3n) is 3.57. The predicted molar refractivity (Wildman–Crippen MR) is 73.7 cm³/mol. The van der Waals surface area contributed by atoms with E-state index in [0.717, 1.165) is 35.9 Å². The minimum Gasteiger partial charge on any atom is -0.497 e. The molecule has 1 N–H and O–H groups in total. The molecule has 0 spiro atoms. The predicted octanol–water partition coefficient (Wildman–Crippen LogP) is 1.44. The third kappa shape index (κ3) is 2.46. The van der Waals surface area contributed by atoms with E-state index in [2.05, 4.69) is 15.5 Å². The zero-order chi connectivity index (χ0) is 13.9. The number of fused-ring (bicyclic) bond motifs is 1. The lowest BCUT2D eigenvalue weighted by atomic mass is 10.00. The number of aromatic nitrogens is 3. The van der Waals surface area contributed by atoms with Crippen LogP contribution in [-0.2, 0) is 13.6 Å². The molecule has 0 bridgehead atoms. The fourth-order valence-corrected chi connectivity index (χ4v) is 2.39. The van der Waals surface area contributed by atoms with Crippen molar-refractivity contribution in [2.24, 2.45) is 7.05 Å². The first kappa shape index (κ1) is 12.9. The number of methoxy groups -OCH3 is 1. The van der Waals surface area contributed by atoms with Gasteiger partial charge in [0.1, 0.15) is 23.7 Å². The summed E-state index contributed by atoms with van der Waals surface area (Å²) < 4.78 is 12.9. The fraction of sp³-hybridized carbons (Fsp3) is 0.429. The summed E-state index contributed by atoms with van der Waals surface area (Å²) in [6, 6.07) is 6.15. The minimum absolute atomic E-state index is 0.241. The third-order valence-corrected chi connectivity index (χ3v) is 3.57. The number of aryl methyl sites for hydroxylation is 1. The van der Waals surface area contributed by atoms with Crippen molar-refractivity contribution in [3.63, 3.8) is 0 Å². The van der Waals surface area contributed by atoms with E-state index in [1.54, 1.807) is 13.4 Å². The Kier molecular flexibility index (Phi) is 3.56. The Balaban J connectivity index is 1.77. The summed E-state index contributed by atoms with van der Waals surface area (Å²) in [5.41, 5.74) is 1.14. The monoisotopic (exact) mass is 274 g/mol. The van der Waals surface area contributed by atoms with Gasteiger partial charge in [-0.25, -0.2) is 0 Å². The van der Waals surface area contributed by atoms with Gasteiger partial charge < -0.3 is 19.4 Å². The first-order chi connectivity index (χ1) is 9.78. The maximum absolute atomic E-state index is 5.69. The summed E-state index contributed by atoms with van der Waals surface area (Å²) in [6.45, 7) is 1.40. The van der Waals surface area contributed by atoms with Gasteiger partial charge >= 0.3 is 0 Å². The van der Waals surface area contributed by atoms with Crippen molar-refractivity contribution in [1.82, 2.24) is 20.1 Å². The second-order valence-electron chi connectivity index (χ2n) is 4.83. The quantitative estimate of drug-likeness (QED) is 0.914. The number of nitrogens with one attached hydrogen (secondary N) is 1. The van der Waals surface area contributed by atoms with E-state index in [0.29, 0.717) is 6.54 Å². The molecule has 1 aromatic carbocycles. The Bertz CT molecular complexity index is 597. The normalized spacial score (nSPS) is 17.4. The number of hydrogen-bond donors (Lipinski definition) is 1. The molecule has 1 aromatic heterocycles. The smallest absolute Gasteiger partial charge is 0.146 e. The number of hydrogen-bond acceptors (Lipinski definition) is 5. The maximum atomic E-state index is 5.69. The first-order valence-electron chi connectivity index (χ1n) is 6.65. The molecule has 2 heterocycles. The first-order valence-corrected chi connectivity index (χ1v) is 6.65. The van der Waals surface area contributed by atoms with Crippen LogP contribution in [0, 0.1) is 0 Å². The van der Waals surface area contributed by atoms with Crippen LogP contribution < -0.4 is 14.8 Å². The number of rotatable bonds is 4. The molecule has 0 amide bonds. The molecule has 2 aromatic rings. The summed E-state index contributed by atoms with van der Waals surface area (Å²) in [7, 11) is 3.62. The zero-order valence-corrected chi connectivity index (χ0v) is 11.7. The summed E-state index contributed by atoms with van der Waals surface area (Å²) in [6.07, 6.45) is 2.63. The highest BCUT2D eigenvalue weighted by molar-refractivity contribution is 5.43. The van der Waals surface area contributed by atoms with Gasteiger partial charge in [0.25, 0.3) is 0 Å². The molecule has 0 fully saturated rings. The molecule has 1 aliphatic rings. The highest BCUT2D eigenvalue weighted by Gasteiger charge is 2.22. The lowest BCUT2D eigenvalue weighted by Crippen LogP contribution is -2.27. The maximum Gasteiger partial charge on any atom is 0.146 e. The summed E-state index contributed by atoms with van der Waals surface area (Å²) >= 11 is 0. The highest BCUT2D eigenvalue weighted by atomic mass is 16.5. The van der Waals surface area contributed by atoms with Crippen LogP contribution in [0.5, 0.6) is 11.5 Å². The van der Waals surface area contributed by atoms with Gasteiger partial charge in [0.2, 0.25) is 0 Å². The van der Waals surface area contributed by atoms with E-state index in [4.69, 9.17) is 9.47 Å². The molecule has 0 saturated heterocycles. The topological polar surface area (TPSA) is 61.2 Å². The lowest BCUT2D eigenvalue weighted by molar-refractivity contribution is 0.250. The van der Waals surface area contributed by atoms with Crippen LogP contribution in [0.1, 0.15) is 23.9 Å². The summed E-state index contributed by atoms with van der Waals surface area (Å²) in [5.74, 6) is 2.69. The average Bonchev–Trinajstić information content (AvgIpc) is 2.89. The summed E-state index contributed by atoms with van der Waals surface area (Å²) in [4.78, 5) is 0. The van der Waals surface area contributed by atoms with Crippen LogP contribution in [-0.4, -0.2) is 28.5 Å². The van der Waals surface area contributed by atoms with E-state index in [9.17, 15) is 0 Å². The standard InChI is InChI=1S/C14H18N4O2/c1-18-9-16-17-14(18)8-15-12-5-6-20-13-4-3-10(19-2)7-11(12)13/h3-4,7,9,12,15H,5-6,8H2,1-2H3. The van der Waals surface area contributed by atoms with Crippen molar-refractivity contribution >= 4 is 0 Å². The second-order valence-corrected chi connectivity index (χ2v) is 4.83. The Morgan fingerprint density at radius 1 is 1.50 bits per heavy atom. The van der Waals surface area contributed by atoms with Crippen LogP contribution in [0.4, 0.5) is 0 Å². The van der Waals surface area contributed by atoms with Crippen molar-refractivity contribution in [3.8, 4) is 11.5 Å². The minimum atomic E-state index is 0.241. The van der Waals surface area contributed by atoms with Gasteiger partial charge in [-0.2, -0.15) is 0 Å². The Morgan fingerprint density at radius 3 is 3.15 bits per heavy atom. The van der Waals surface area contributed by atoms with E-state index in [-0.39, 0.29) is 6.04 Å². The largest absolute Gasteiger partial charge is 0.497 e. The van der Waals surface area contributed by atoms with Crippen LogP contribution in [0.2, 0.25) is 0 Å². The summed E-state index contributed by atoms with van der Waals surface area (Å²) in [5, 5.41) is 11.5. The SMILES string of the molecule is COc1ccc2c(c1)C(NCc1nncn1C)CCO2. The van der Waals surface area contributed by atoms with Crippen LogP contribution in [0.3, 0.4) is 0 Å². The molecule has 1 aliphatic heterocycles. The molecule has 3 rings (SSSR count). The van der Waals surface area contributed by atoms with Gasteiger partial charge in [-0.05, 0) is 18.2 Å². The average molecular weight is 274 g/mol. The molecule has 1 atom stereocenters. The van der Waals surface area contributed by atoms with Crippen LogP contribution in [0.15, 0.2) is 24.5 Å². The Morgan fingerprint density at radius 2 is 2.40 bits per heavy atom. The van der Waals surface area contributed by atoms with Gasteiger partial charge in [0.05, 0.1) is 20.3 Å². The van der Waals surface area contributed by atoms with E-state index >= 15 is 0 Å². The molecule has 0 saturated carbocycles. The van der Waals surface area contributed by atoms with Crippen LogP contribution >= 0.6 is 0 Å². The van der Waals surface area contributed by atoms with Crippen LogP contribution in [0.25, 0.3) is 0 Å². The van der Waals surface area contributed by atoms with Crippen molar-refractivity contribution in [3.05, 3.63) is 35.9 Å². The molecule has 0 aliphatic carbocycles. The molecule has 20 heavy (non-hydrogen) atoms. The van der Waals surface area contributed by atoms with Crippen molar-refractivity contribution in [1.29, 1.82) is 0 Å². The zero-order valence-electron chi connectivity index (χ0n) is 11.7. The van der Waals surface area contributed by atoms with Gasteiger partial charge in [0.15, 0.2) is 0 Å². The van der Waals surface area contributed by atoms with Crippen molar-refractivity contribution in [2.45, 2.75) is 19.0 Å². The van der Waals surface area contributed by atoms with Crippen molar-refractivity contribution < 1.29 is 9.47 Å². The molecule has 6 heteroatoms. The number of ether oxygens (including phenoxy) is 2. The van der Waals surface area contributed by atoms with Gasteiger partial charge in [-0.15, -0.1) is 10.2 Å². The molecule has 1 unspecified atom stereocenters. The molecular weight excluding hydrogens is 256 g/mol. The molecule has 6 nitrogen and oxygen atoms in total. The molecular formula is C14H18N4O2. The van der Waals surface area contributed by atoms with Gasteiger partial charge in [-0.1, -0.05) is 0 Å². The van der Waals surface area contributed by atoms with Gasteiger partial charge in [0, 0.05) is 25.1 Å². The van der Waals surface area contributed by atoms with E-state index in [1.165, 1.54) is 0 Å². The molecule has 0 radical (unpaired) electrons. The lowest BCUT2D eigenvalue weighted by Gasteiger charge is -2.27. The number of benzene rings is 1. The Hall–Kier alpha value is -2.08. The molecule has 106 valence electrons. The fourth-order valence-electron chi connectivity index (χ4n) is 2.39. The highest BCUT2D eigenvalue weighted by Crippen LogP contribution is 2.34. The second kappa shape index (κ2) is 5.50.